The Morgan fingerprint density at radius 3 is 3.20 bits per heavy atom. The standard InChI is InChI=1S/C12H15NO2/c1-13-8-11(14)10-6-2-4-9-5-3-7-15-12(9)10/h2,4,6,13H,3,5,7-8H2,1H3. The van der Waals surface area contributed by atoms with Crippen molar-refractivity contribution in [1.29, 1.82) is 0 Å². The van der Waals surface area contributed by atoms with Crippen molar-refractivity contribution in [3.05, 3.63) is 29.3 Å². The van der Waals surface area contributed by atoms with Crippen molar-refractivity contribution in [2.75, 3.05) is 20.2 Å². The molecule has 2 rings (SSSR count). The molecule has 3 heteroatoms. The monoisotopic (exact) mass is 205 g/mol. The fourth-order valence-electron chi connectivity index (χ4n) is 1.86. The van der Waals surface area contributed by atoms with E-state index in [0.717, 1.165) is 30.8 Å². The molecular weight excluding hydrogens is 190 g/mol. The van der Waals surface area contributed by atoms with Crippen LogP contribution in [0.15, 0.2) is 18.2 Å². The van der Waals surface area contributed by atoms with Crippen molar-refractivity contribution < 1.29 is 9.53 Å². The molecule has 0 unspecified atom stereocenters. The van der Waals surface area contributed by atoms with E-state index in [1.807, 2.05) is 18.2 Å². The Labute approximate surface area is 89.4 Å². The third-order valence-corrected chi connectivity index (χ3v) is 2.57. The Morgan fingerprint density at radius 2 is 2.40 bits per heavy atom. The van der Waals surface area contributed by atoms with Gasteiger partial charge in [0.05, 0.1) is 18.7 Å². The first-order valence-corrected chi connectivity index (χ1v) is 5.25. The number of Topliss-reactive ketones (excluding diaryl/α,β-unsaturated/α-hetero) is 1. The molecule has 3 nitrogen and oxygen atoms in total. The van der Waals surface area contributed by atoms with Gasteiger partial charge in [-0.3, -0.25) is 4.79 Å². The highest BCUT2D eigenvalue weighted by Crippen LogP contribution is 2.28. The minimum Gasteiger partial charge on any atom is -0.493 e. The molecule has 1 aromatic carbocycles. The minimum absolute atomic E-state index is 0.0938. The van der Waals surface area contributed by atoms with Crippen LogP contribution < -0.4 is 10.1 Å². The number of hydrogen-bond acceptors (Lipinski definition) is 3. The number of ether oxygens (including phenoxy) is 1. The molecule has 0 spiro atoms. The van der Waals surface area contributed by atoms with Crippen LogP contribution in [0.4, 0.5) is 0 Å². The summed E-state index contributed by atoms with van der Waals surface area (Å²) >= 11 is 0. The predicted molar refractivity (Wildman–Crippen MR) is 58.5 cm³/mol. The van der Waals surface area contributed by atoms with E-state index < -0.39 is 0 Å². The summed E-state index contributed by atoms with van der Waals surface area (Å²) in [5.74, 6) is 0.889. The highest BCUT2D eigenvalue weighted by molar-refractivity contribution is 6.00. The van der Waals surface area contributed by atoms with Gasteiger partial charge < -0.3 is 10.1 Å². The zero-order valence-corrected chi connectivity index (χ0v) is 8.88. The largest absolute Gasteiger partial charge is 0.493 e. The molecule has 80 valence electrons. The number of fused-ring (bicyclic) bond motifs is 1. The second kappa shape index (κ2) is 4.45. The zero-order valence-electron chi connectivity index (χ0n) is 8.88. The van der Waals surface area contributed by atoms with Crippen molar-refractivity contribution in [1.82, 2.24) is 5.32 Å². The van der Waals surface area contributed by atoms with Crippen LogP contribution in [-0.2, 0) is 6.42 Å². The molecule has 0 atom stereocenters. The lowest BCUT2D eigenvalue weighted by atomic mass is 10.00. The quantitative estimate of drug-likeness (QED) is 0.758. The van der Waals surface area contributed by atoms with Gasteiger partial charge in [-0.25, -0.2) is 0 Å². The van der Waals surface area contributed by atoms with Crippen LogP contribution in [0.2, 0.25) is 0 Å². The topological polar surface area (TPSA) is 38.3 Å². The summed E-state index contributed by atoms with van der Waals surface area (Å²) in [6.07, 6.45) is 2.05. The summed E-state index contributed by atoms with van der Waals surface area (Å²) < 4.78 is 5.57. The molecule has 0 fully saturated rings. The number of aryl methyl sites for hydroxylation is 1. The molecule has 0 saturated carbocycles. The third kappa shape index (κ3) is 2.02. The first-order valence-electron chi connectivity index (χ1n) is 5.25. The van der Waals surface area contributed by atoms with Gasteiger partial charge in [-0.05, 0) is 31.5 Å². The van der Waals surface area contributed by atoms with Crippen LogP contribution >= 0.6 is 0 Å². The number of ketones is 1. The number of para-hydroxylation sites is 1. The Hall–Kier alpha value is -1.35. The van der Waals surface area contributed by atoms with Gasteiger partial charge in [-0.1, -0.05) is 12.1 Å². The van der Waals surface area contributed by atoms with E-state index in [0.29, 0.717) is 12.1 Å². The van der Waals surface area contributed by atoms with Crippen LogP contribution in [0, 0.1) is 0 Å². The highest BCUT2D eigenvalue weighted by atomic mass is 16.5. The lowest BCUT2D eigenvalue weighted by Gasteiger charge is -2.19. The molecule has 0 radical (unpaired) electrons. The predicted octanol–water partition coefficient (Wildman–Crippen LogP) is 1.41. The van der Waals surface area contributed by atoms with Gasteiger partial charge in [0, 0.05) is 0 Å². The number of hydrogen-bond donors (Lipinski definition) is 1. The lowest BCUT2D eigenvalue weighted by molar-refractivity contribution is 0.0988. The van der Waals surface area contributed by atoms with Crippen molar-refractivity contribution >= 4 is 5.78 Å². The third-order valence-electron chi connectivity index (χ3n) is 2.57. The highest BCUT2D eigenvalue weighted by Gasteiger charge is 2.18. The number of likely N-dealkylation sites (N-methyl/N-ethyl adjacent to an activating group) is 1. The molecule has 0 aromatic heterocycles. The van der Waals surface area contributed by atoms with Crippen LogP contribution in [0.25, 0.3) is 0 Å². The SMILES string of the molecule is CNCC(=O)c1cccc2c1OCCC2. The van der Waals surface area contributed by atoms with Crippen LogP contribution in [0.5, 0.6) is 5.75 Å². The normalized spacial score (nSPS) is 14.2. The van der Waals surface area contributed by atoms with E-state index in [-0.39, 0.29) is 5.78 Å². The first-order chi connectivity index (χ1) is 7.33. The average molecular weight is 205 g/mol. The lowest BCUT2D eigenvalue weighted by Crippen LogP contribution is -2.21. The molecule has 1 heterocycles. The second-order valence-corrected chi connectivity index (χ2v) is 3.70. The van der Waals surface area contributed by atoms with Crippen LogP contribution in [0.1, 0.15) is 22.3 Å². The van der Waals surface area contributed by atoms with Gasteiger partial charge in [0.2, 0.25) is 0 Å². The number of benzene rings is 1. The van der Waals surface area contributed by atoms with E-state index >= 15 is 0 Å². The number of rotatable bonds is 3. The maximum Gasteiger partial charge on any atom is 0.180 e. The van der Waals surface area contributed by atoms with E-state index in [1.165, 1.54) is 0 Å². The summed E-state index contributed by atoms with van der Waals surface area (Å²) in [5.41, 5.74) is 1.87. The maximum absolute atomic E-state index is 11.8. The number of carbonyl (C=O) groups excluding carboxylic acids is 1. The fourth-order valence-corrected chi connectivity index (χ4v) is 1.86. The summed E-state index contributed by atoms with van der Waals surface area (Å²) in [4.78, 5) is 11.8. The van der Waals surface area contributed by atoms with Crippen LogP contribution in [-0.4, -0.2) is 26.0 Å². The summed E-state index contributed by atoms with van der Waals surface area (Å²) in [6, 6.07) is 5.80. The van der Waals surface area contributed by atoms with Crippen molar-refractivity contribution in [3.8, 4) is 5.75 Å². The Balaban J connectivity index is 2.34. The van der Waals surface area contributed by atoms with Crippen molar-refractivity contribution in [3.63, 3.8) is 0 Å². The van der Waals surface area contributed by atoms with Gasteiger partial charge in [0.25, 0.3) is 0 Å². The smallest absolute Gasteiger partial charge is 0.180 e. The average Bonchev–Trinajstić information content (AvgIpc) is 2.28. The van der Waals surface area contributed by atoms with Gasteiger partial charge in [0.1, 0.15) is 5.75 Å². The number of carbonyl (C=O) groups is 1. The van der Waals surface area contributed by atoms with Crippen molar-refractivity contribution in [2.24, 2.45) is 0 Å². The molecular formula is C12H15NO2. The van der Waals surface area contributed by atoms with Gasteiger partial charge in [0.15, 0.2) is 5.78 Å². The zero-order chi connectivity index (χ0) is 10.7. The van der Waals surface area contributed by atoms with E-state index in [1.54, 1.807) is 7.05 Å². The maximum atomic E-state index is 11.8. The Bertz CT molecular complexity index is 374. The second-order valence-electron chi connectivity index (χ2n) is 3.70. The molecule has 1 aromatic rings. The molecule has 0 amide bonds. The Kier molecular flexibility index (Phi) is 3.02. The molecule has 1 N–H and O–H groups in total. The summed E-state index contributed by atoms with van der Waals surface area (Å²) in [6.45, 7) is 1.08. The molecule has 15 heavy (non-hydrogen) atoms. The van der Waals surface area contributed by atoms with E-state index in [2.05, 4.69) is 5.32 Å². The number of nitrogens with one attached hydrogen (secondary N) is 1. The Morgan fingerprint density at radius 1 is 1.53 bits per heavy atom. The molecule has 0 aliphatic carbocycles. The fraction of sp³-hybridized carbons (Fsp3) is 0.417. The van der Waals surface area contributed by atoms with Gasteiger partial charge in [-0.15, -0.1) is 0 Å². The van der Waals surface area contributed by atoms with E-state index in [9.17, 15) is 4.79 Å². The van der Waals surface area contributed by atoms with Crippen LogP contribution in [0.3, 0.4) is 0 Å². The van der Waals surface area contributed by atoms with Gasteiger partial charge in [-0.2, -0.15) is 0 Å². The first kappa shape index (κ1) is 10.2. The van der Waals surface area contributed by atoms with Gasteiger partial charge >= 0.3 is 0 Å². The summed E-state index contributed by atoms with van der Waals surface area (Å²) in [7, 11) is 1.77. The molecule has 0 bridgehead atoms. The minimum atomic E-state index is 0.0938. The van der Waals surface area contributed by atoms with E-state index in [4.69, 9.17) is 4.74 Å². The van der Waals surface area contributed by atoms with Crippen molar-refractivity contribution in [2.45, 2.75) is 12.8 Å². The summed E-state index contributed by atoms with van der Waals surface area (Å²) in [5, 5.41) is 2.87. The molecule has 1 aliphatic rings. The molecule has 0 saturated heterocycles. The molecule has 1 aliphatic heterocycles.